The van der Waals surface area contributed by atoms with Crippen LogP contribution in [-0.2, 0) is 0 Å². The second-order valence-electron chi connectivity index (χ2n) is 6.47. The normalized spacial score (nSPS) is 15.3. The van der Waals surface area contributed by atoms with Gasteiger partial charge in [-0.15, -0.1) is 24.0 Å². The van der Waals surface area contributed by atoms with Crippen LogP contribution in [0.1, 0.15) is 38.4 Å². The number of nitrogens with zero attached hydrogens (tertiary/aromatic N) is 2. The second-order valence-corrected chi connectivity index (χ2v) is 6.47. The molecule has 1 saturated carbocycles. The Balaban J connectivity index is 0.00000392. The van der Waals surface area contributed by atoms with Crippen molar-refractivity contribution in [3.05, 3.63) is 29.8 Å². The molecule has 3 N–H and O–H groups in total. The van der Waals surface area contributed by atoms with E-state index in [-0.39, 0.29) is 36.3 Å². The molecule has 2 rings (SSSR count). The lowest BCUT2D eigenvalue weighted by Gasteiger charge is -2.21. The lowest BCUT2D eigenvalue weighted by molar-refractivity contribution is -0.0498. The van der Waals surface area contributed by atoms with Gasteiger partial charge >= 0.3 is 6.61 Å². The van der Waals surface area contributed by atoms with Crippen molar-refractivity contribution in [2.24, 2.45) is 4.99 Å². The van der Waals surface area contributed by atoms with Gasteiger partial charge in [0.05, 0.1) is 12.6 Å². The van der Waals surface area contributed by atoms with Crippen LogP contribution in [0.3, 0.4) is 0 Å². The number of hydrogen-bond acceptors (Lipinski definition) is 4. The average Bonchev–Trinajstić information content (AvgIpc) is 3.48. The number of guanidine groups is 1. The molecular formula is C19H31F2IN4O2. The van der Waals surface area contributed by atoms with Crippen molar-refractivity contribution >= 4 is 29.9 Å². The minimum absolute atomic E-state index is 0. The molecular weight excluding hydrogens is 481 g/mol. The van der Waals surface area contributed by atoms with Gasteiger partial charge in [-0.25, -0.2) is 0 Å². The number of ether oxygens (including phenoxy) is 1. The predicted octanol–water partition coefficient (Wildman–Crippen LogP) is 2.98. The number of halogens is 3. The Bertz CT molecular complexity index is 586. The molecule has 1 aromatic carbocycles. The van der Waals surface area contributed by atoms with Gasteiger partial charge in [-0.3, -0.25) is 9.89 Å². The Labute approximate surface area is 182 Å². The van der Waals surface area contributed by atoms with Crippen LogP contribution in [0.25, 0.3) is 0 Å². The van der Waals surface area contributed by atoms with Crippen LogP contribution in [0, 0.1) is 0 Å². The minimum Gasteiger partial charge on any atom is -0.435 e. The van der Waals surface area contributed by atoms with Crippen LogP contribution in [0.2, 0.25) is 0 Å². The third-order valence-corrected chi connectivity index (χ3v) is 4.42. The summed E-state index contributed by atoms with van der Waals surface area (Å²) in [6.45, 7) is 4.98. The number of alkyl halides is 2. The Morgan fingerprint density at radius 3 is 2.46 bits per heavy atom. The lowest BCUT2D eigenvalue weighted by Crippen LogP contribution is -2.42. The third kappa shape index (κ3) is 8.87. The molecule has 0 saturated heterocycles. The second kappa shape index (κ2) is 13.1. The number of aliphatic hydroxyl groups is 1. The first-order valence-electron chi connectivity index (χ1n) is 9.52. The number of likely N-dealkylation sites (N-methyl/N-ethyl adjacent to an activating group) is 1. The zero-order valence-corrected chi connectivity index (χ0v) is 18.7. The Morgan fingerprint density at radius 1 is 1.25 bits per heavy atom. The maximum absolute atomic E-state index is 12.2. The maximum atomic E-state index is 12.2. The van der Waals surface area contributed by atoms with E-state index in [9.17, 15) is 13.9 Å². The number of hydrogen-bond donors (Lipinski definition) is 3. The summed E-state index contributed by atoms with van der Waals surface area (Å²) in [6, 6.07) is 6.68. The largest absolute Gasteiger partial charge is 0.435 e. The zero-order chi connectivity index (χ0) is 19.6. The van der Waals surface area contributed by atoms with Gasteiger partial charge in [-0.05, 0) is 44.0 Å². The monoisotopic (exact) mass is 512 g/mol. The summed E-state index contributed by atoms with van der Waals surface area (Å²) >= 11 is 0. The fraction of sp³-hybridized carbons (Fsp3) is 0.632. The molecule has 1 aliphatic rings. The topological polar surface area (TPSA) is 69.1 Å². The fourth-order valence-corrected chi connectivity index (χ4v) is 2.85. The highest BCUT2D eigenvalue weighted by Crippen LogP contribution is 2.25. The summed E-state index contributed by atoms with van der Waals surface area (Å²) in [7, 11) is 0. The van der Waals surface area contributed by atoms with Gasteiger partial charge < -0.3 is 20.5 Å². The Morgan fingerprint density at radius 2 is 1.93 bits per heavy atom. The van der Waals surface area contributed by atoms with Crippen molar-refractivity contribution in [2.45, 2.75) is 45.4 Å². The van der Waals surface area contributed by atoms with Gasteiger partial charge in [0.15, 0.2) is 5.96 Å². The summed E-state index contributed by atoms with van der Waals surface area (Å²) in [6.07, 6.45) is 1.75. The van der Waals surface area contributed by atoms with Crippen molar-refractivity contribution in [1.82, 2.24) is 15.5 Å². The van der Waals surface area contributed by atoms with E-state index in [4.69, 9.17) is 0 Å². The van der Waals surface area contributed by atoms with Gasteiger partial charge in [-0.2, -0.15) is 8.78 Å². The van der Waals surface area contributed by atoms with E-state index in [1.807, 2.05) is 6.92 Å². The number of rotatable bonds is 11. The van der Waals surface area contributed by atoms with Gasteiger partial charge in [0, 0.05) is 25.7 Å². The molecule has 0 aliphatic heterocycles. The third-order valence-electron chi connectivity index (χ3n) is 4.42. The first-order valence-corrected chi connectivity index (χ1v) is 9.52. The number of aliphatic hydroxyl groups excluding tert-OH is 1. The van der Waals surface area contributed by atoms with Crippen LogP contribution >= 0.6 is 24.0 Å². The molecule has 1 aromatic rings. The first-order chi connectivity index (χ1) is 13.0. The standard InChI is InChI=1S/C19H30F2N4O2.HI/c1-3-22-19(23-11-12-25(4-2)15-7-8-15)24-13-17(26)14-5-9-16(10-6-14)27-18(20)21;/h5-6,9-10,15,17-18,26H,3-4,7-8,11-13H2,1-2H3,(H2,22,23,24);1H. The van der Waals surface area contributed by atoms with Gasteiger partial charge in [0.25, 0.3) is 0 Å². The highest BCUT2D eigenvalue weighted by atomic mass is 127. The van der Waals surface area contributed by atoms with Crippen LogP contribution in [0.15, 0.2) is 29.3 Å². The molecule has 160 valence electrons. The lowest BCUT2D eigenvalue weighted by atomic mass is 10.1. The van der Waals surface area contributed by atoms with Crippen molar-refractivity contribution in [2.75, 3.05) is 32.7 Å². The molecule has 9 heteroatoms. The van der Waals surface area contributed by atoms with E-state index in [1.165, 1.54) is 25.0 Å². The van der Waals surface area contributed by atoms with Crippen molar-refractivity contribution in [3.63, 3.8) is 0 Å². The summed E-state index contributed by atoms with van der Waals surface area (Å²) in [4.78, 5) is 6.87. The highest BCUT2D eigenvalue weighted by Gasteiger charge is 2.27. The molecule has 1 unspecified atom stereocenters. The molecule has 6 nitrogen and oxygen atoms in total. The molecule has 1 fully saturated rings. The van der Waals surface area contributed by atoms with E-state index in [1.54, 1.807) is 12.1 Å². The fourth-order valence-electron chi connectivity index (χ4n) is 2.85. The minimum atomic E-state index is -2.86. The average molecular weight is 512 g/mol. The summed E-state index contributed by atoms with van der Waals surface area (Å²) in [5.74, 6) is 0.719. The van der Waals surface area contributed by atoms with Crippen molar-refractivity contribution < 1.29 is 18.6 Å². The Hall–Kier alpha value is -1.20. The summed E-state index contributed by atoms with van der Waals surface area (Å²) < 4.78 is 28.7. The van der Waals surface area contributed by atoms with Gasteiger partial charge in [-0.1, -0.05) is 19.1 Å². The molecule has 1 atom stereocenters. The Kier molecular flexibility index (Phi) is 11.6. The number of benzene rings is 1. The molecule has 0 bridgehead atoms. The van der Waals surface area contributed by atoms with Crippen molar-refractivity contribution in [1.29, 1.82) is 0 Å². The molecule has 0 heterocycles. The molecule has 0 radical (unpaired) electrons. The summed E-state index contributed by atoms with van der Waals surface area (Å²) in [5, 5.41) is 16.7. The zero-order valence-electron chi connectivity index (χ0n) is 16.4. The molecule has 0 aromatic heterocycles. The van der Waals surface area contributed by atoms with Crippen molar-refractivity contribution in [3.8, 4) is 5.75 Å². The van der Waals surface area contributed by atoms with Crippen LogP contribution in [0.5, 0.6) is 5.75 Å². The van der Waals surface area contributed by atoms with E-state index >= 15 is 0 Å². The molecule has 0 amide bonds. The SMILES string of the molecule is CCNC(=NCC(O)c1ccc(OC(F)F)cc1)NCCN(CC)C1CC1.I. The first kappa shape index (κ1) is 24.8. The quantitative estimate of drug-likeness (QED) is 0.242. The maximum Gasteiger partial charge on any atom is 0.387 e. The van der Waals surface area contributed by atoms with Crippen LogP contribution in [-0.4, -0.2) is 61.3 Å². The van der Waals surface area contributed by atoms with E-state index in [2.05, 4.69) is 32.2 Å². The van der Waals surface area contributed by atoms with Crippen LogP contribution < -0.4 is 15.4 Å². The van der Waals surface area contributed by atoms with E-state index in [0.29, 0.717) is 11.5 Å². The predicted molar refractivity (Wildman–Crippen MR) is 118 cm³/mol. The van der Waals surface area contributed by atoms with E-state index in [0.717, 1.165) is 32.2 Å². The van der Waals surface area contributed by atoms with Crippen LogP contribution in [0.4, 0.5) is 8.78 Å². The van der Waals surface area contributed by atoms with Gasteiger partial charge in [0.1, 0.15) is 5.75 Å². The molecule has 0 spiro atoms. The summed E-state index contributed by atoms with van der Waals surface area (Å²) in [5.41, 5.74) is 0.599. The number of nitrogens with one attached hydrogen (secondary N) is 2. The molecule has 28 heavy (non-hydrogen) atoms. The van der Waals surface area contributed by atoms with Gasteiger partial charge in [0.2, 0.25) is 0 Å². The highest BCUT2D eigenvalue weighted by molar-refractivity contribution is 14.0. The number of aliphatic imine (C=N–C) groups is 1. The van der Waals surface area contributed by atoms with E-state index < -0.39 is 12.7 Å². The smallest absolute Gasteiger partial charge is 0.387 e. The molecule has 1 aliphatic carbocycles.